The predicted molar refractivity (Wildman–Crippen MR) is 109 cm³/mol. The standard InChI is InChI=1S/C19H19FN4O4S2/c1-12-21-18(23-28-12)14-9-17(29-11-14)30(26,27)24-8-2-3-13(10-24)19(25)22-16-6-4-15(20)5-7-16/h4-7,9,11,13H,2-3,8,10H2,1H3,(H,22,25)/t13-/m0/s1. The van der Waals surface area contributed by atoms with Gasteiger partial charge in [0.15, 0.2) is 0 Å². The van der Waals surface area contributed by atoms with Crippen molar-refractivity contribution in [3.63, 3.8) is 0 Å². The topological polar surface area (TPSA) is 105 Å². The molecule has 1 aromatic carbocycles. The van der Waals surface area contributed by atoms with Gasteiger partial charge in [0.1, 0.15) is 10.0 Å². The van der Waals surface area contributed by atoms with Crippen LogP contribution in [0.15, 0.2) is 44.4 Å². The van der Waals surface area contributed by atoms with Crippen molar-refractivity contribution in [1.82, 2.24) is 14.4 Å². The van der Waals surface area contributed by atoms with E-state index in [1.807, 2.05) is 0 Å². The van der Waals surface area contributed by atoms with Crippen LogP contribution >= 0.6 is 11.3 Å². The van der Waals surface area contributed by atoms with Crippen molar-refractivity contribution in [3.05, 3.63) is 47.4 Å². The molecule has 0 spiro atoms. The van der Waals surface area contributed by atoms with E-state index in [1.54, 1.807) is 12.3 Å². The van der Waals surface area contributed by atoms with Gasteiger partial charge in [-0.1, -0.05) is 5.16 Å². The molecule has 158 valence electrons. The third-order valence-electron chi connectivity index (χ3n) is 4.82. The summed E-state index contributed by atoms with van der Waals surface area (Å²) in [6, 6.07) is 6.97. The van der Waals surface area contributed by atoms with Gasteiger partial charge in [0.05, 0.1) is 5.92 Å². The maximum atomic E-state index is 13.1. The minimum atomic E-state index is -3.75. The van der Waals surface area contributed by atoms with Crippen LogP contribution in [-0.4, -0.2) is 41.9 Å². The molecule has 0 radical (unpaired) electrons. The fraction of sp³-hybridized carbons (Fsp3) is 0.316. The van der Waals surface area contributed by atoms with Crippen LogP contribution in [0, 0.1) is 18.7 Å². The van der Waals surface area contributed by atoms with E-state index in [-0.39, 0.29) is 16.7 Å². The molecule has 1 aliphatic heterocycles. The predicted octanol–water partition coefficient (Wildman–Crippen LogP) is 3.29. The summed E-state index contributed by atoms with van der Waals surface area (Å²) in [5, 5.41) is 8.20. The molecule has 30 heavy (non-hydrogen) atoms. The van der Waals surface area contributed by atoms with E-state index in [9.17, 15) is 17.6 Å². The van der Waals surface area contributed by atoms with Gasteiger partial charge in [0.2, 0.25) is 17.6 Å². The number of aryl methyl sites for hydroxylation is 1. The first-order valence-electron chi connectivity index (χ1n) is 9.29. The zero-order chi connectivity index (χ0) is 21.3. The van der Waals surface area contributed by atoms with E-state index < -0.39 is 21.8 Å². The van der Waals surface area contributed by atoms with Gasteiger partial charge in [-0.15, -0.1) is 11.3 Å². The van der Waals surface area contributed by atoms with Crippen molar-refractivity contribution in [2.75, 3.05) is 18.4 Å². The average molecular weight is 451 g/mol. The molecule has 1 amide bonds. The highest BCUT2D eigenvalue weighted by atomic mass is 32.2. The maximum absolute atomic E-state index is 13.1. The van der Waals surface area contributed by atoms with Crippen molar-refractivity contribution in [2.45, 2.75) is 24.0 Å². The molecule has 3 aromatic rings. The first-order chi connectivity index (χ1) is 14.3. The van der Waals surface area contributed by atoms with Crippen molar-refractivity contribution >= 4 is 33.0 Å². The summed E-state index contributed by atoms with van der Waals surface area (Å²) < 4.78 is 45.7. The Balaban J connectivity index is 1.47. The van der Waals surface area contributed by atoms with Gasteiger partial charge in [-0.2, -0.15) is 9.29 Å². The summed E-state index contributed by atoms with van der Waals surface area (Å²) in [4.78, 5) is 16.7. The van der Waals surface area contributed by atoms with E-state index in [4.69, 9.17) is 4.52 Å². The highest BCUT2D eigenvalue weighted by Gasteiger charge is 2.34. The number of nitrogens with one attached hydrogen (secondary N) is 1. The highest BCUT2D eigenvalue weighted by Crippen LogP contribution is 2.31. The summed E-state index contributed by atoms with van der Waals surface area (Å²) in [6.45, 7) is 2.09. The van der Waals surface area contributed by atoms with Crippen LogP contribution in [0.1, 0.15) is 18.7 Å². The number of halogens is 1. The van der Waals surface area contributed by atoms with Crippen LogP contribution in [-0.2, 0) is 14.8 Å². The number of carbonyl (C=O) groups is 1. The molecule has 1 N–H and O–H groups in total. The van der Waals surface area contributed by atoms with Crippen LogP contribution in [0.4, 0.5) is 10.1 Å². The van der Waals surface area contributed by atoms with Crippen LogP contribution in [0.5, 0.6) is 0 Å². The Morgan fingerprint density at radius 2 is 2.10 bits per heavy atom. The molecule has 1 saturated heterocycles. The molecule has 0 bridgehead atoms. The molecular formula is C19H19FN4O4S2. The van der Waals surface area contributed by atoms with E-state index >= 15 is 0 Å². The first-order valence-corrected chi connectivity index (χ1v) is 11.6. The monoisotopic (exact) mass is 450 g/mol. The lowest BCUT2D eigenvalue weighted by Gasteiger charge is -2.30. The van der Waals surface area contributed by atoms with Crippen molar-refractivity contribution in [2.24, 2.45) is 5.92 Å². The van der Waals surface area contributed by atoms with Crippen LogP contribution in [0.3, 0.4) is 0 Å². The molecule has 1 fully saturated rings. The molecule has 0 unspecified atom stereocenters. The number of hydrogen-bond donors (Lipinski definition) is 1. The number of sulfonamides is 1. The number of piperidine rings is 1. The molecule has 11 heteroatoms. The average Bonchev–Trinajstić information content (AvgIpc) is 3.39. The van der Waals surface area contributed by atoms with Gasteiger partial charge >= 0.3 is 0 Å². The van der Waals surface area contributed by atoms with E-state index in [0.717, 1.165) is 11.3 Å². The fourth-order valence-corrected chi connectivity index (χ4v) is 6.10. The number of hydrogen-bond acceptors (Lipinski definition) is 7. The van der Waals surface area contributed by atoms with E-state index in [0.29, 0.717) is 42.4 Å². The quantitative estimate of drug-likeness (QED) is 0.640. The fourth-order valence-electron chi connectivity index (χ4n) is 3.27. The summed E-state index contributed by atoms with van der Waals surface area (Å²) >= 11 is 1.08. The number of anilines is 1. The van der Waals surface area contributed by atoms with Gasteiger partial charge in [-0.25, -0.2) is 12.8 Å². The smallest absolute Gasteiger partial charge is 0.252 e. The minimum absolute atomic E-state index is 0.0872. The lowest BCUT2D eigenvalue weighted by atomic mass is 9.99. The molecule has 1 aliphatic rings. The third kappa shape index (κ3) is 4.27. The zero-order valence-electron chi connectivity index (χ0n) is 16.0. The Bertz CT molecular complexity index is 1160. The van der Waals surface area contributed by atoms with Gasteiger partial charge in [0.25, 0.3) is 10.0 Å². The molecule has 1 atom stereocenters. The van der Waals surface area contributed by atoms with E-state index in [2.05, 4.69) is 15.5 Å². The van der Waals surface area contributed by atoms with Crippen LogP contribution in [0.25, 0.3) is 11.4 Å². The first kappa shape index (κ1) is 20.6. The Morgan fingerprint density at radius 1 is 1.33 bits per heavy atom. The number of benzene rings is 1. The van der Waals surface area contributed by atoms with Gasteiger partial charge < -0.3 is 9.84 Å². The molecule has 3 heterocycles. The summed E-state index contributed by atoms with van der Waals surface area (Å²) in [6.07, 6.45) is 1.15. The molecular weight excluding hydrogens is 431 g/mol. The summed E-state index contributed by atoms with van der Waals surface area (Å²) in [5.74, 6) is -0.435. The Labute approximate surface area is 176 Å². The number of nitrogens with zero attached hydrogens (tertiary/aromatic N) is 3. The van der Waals surface area contributed by atoms with Crippen molar-refractivity contribution in [1.29, 1.82) is 0 Å². The molecule has 2 aromatic heterocycles. The second-order valence-electron chi connectivity index (χ2n) is 6.99. The second kappa shape index (κ2) is 8.25. The van der Waals surface area contributed by atoms with Crippen LogP contribution < -0.4 is 5.32 Å². The molecule has 0 saturated carbocycles. The van der Waals surface area contributed by atoms with E-state index in [1.165, 1.54) is 34.6 Å². The summed E-state index contributed by atoms with van der Waals surface area (Å²) in [5.41, 5.74) is 1.04. The molecule has 0 aliphatic carbocycles. The lowest BCUT2D eigenvalue weighted by Crippen LogP contribution is -2.43. The van der Waals surface area contributed by atoms with Gasteiger partial charge in [-0.3, -0.25) is 4.79 Å². The Kier molecular flexibility index (Phi) is 5.67. The summed E-state index contributed by atoms with van der Waals surface area (Å²) in [7, 11) is -3.75. The Hall–Kier alpha value is -2.63. The SMILES string of the molecule is Cc1nc(-c2csc(S(=O)(=O)N3CCC[C@H](C(=O)Nc4ccc(F)cc4)C3)c2)no1. The number of carbonyl (C=O) groups excluding carboxylic acids is 1. The van der Waals surface area contributed by atoms with Gasteiger partial charge in [-0.05, 0) is 43.2 Å². The van der Waals surface area contributed by atoms with Crippen molar-refractivity contribution in [3.8, 4) is 11.4 Å². The highest BCUT2D eigenvalue weighted by molar-refractivity contribution is 7.91. The zero-order valence-corrected chi connectivity index (χ0v) is 17.7. The molecule has 4 rings (SSSR count). The van der Waals surface area contributed by atoms with Crippen molar-refractivity contribution < 1.29 is 22.1 Å². The molecule has 8 nitrogen and oxygen atoms in total. The minimum Gasteiger partial charge on any atom is -0.339 e. The second-order valence-corrected chi connectivity index (χ2v) is 10.1. The normalized spacial score (nSPS) is 17.7. The third-order valence-corrected chi connectivity index (χ3v) is 8.10. The number of thiophene rings is 1. The van der Waals surface area contributed by atoms with Crippen LogP contribution in [0.2, 0.25) is 0 Å². The van der Waals surface area contributed by atoms with Gasteiger partial charge in [0, 0.05) is 36.6 Å². The Morgan fingerprint density at radius 3 is 2.80 bits per heavy atom. The maximum Gasteiger partial charge on any atom is 0.252 e. The number of aromatic nitrogens is 2. The number of rotatable bonds is 5. The lowest BCUT2D eigenvalue weighted by molar-refractivity contribution is -0.120. The number of amides is 1. The largest absolute Gasteiger partial charge is 0.339 e.